The van der Waals surface area contributed by atoms with Gasteiger partial charge in [0.1, 0.15) is 0 Å². The van der Waals surface area contributed by atoms with E-state index in [2.05, 4.69) is 37.3 Å². The fourth-order valence-electron chi connectivity index (χ4n) is 2.80. The van der Waals surface area contributed by atoms with Crippen LogP contribution in [0, 0.1) is 5.92 Å². The van der Waals surface area contributed by atoms with Crippen LogP contribution >= 0.6 is 11.6 Å². The molecule has 1 N–H and O–H groups in total. The van der Waals surface area contributed by atoms with Crippen molar-refractivity contribution in [2.45, 2.75) is 38.6 Å². The zero-order valence-corrected chi connectivity index (χ0v) is 12.3. The monoisotopic (exact) mass is 266 g/mol. The molecule has 0 bridgehead atoms. The first-order chi connectivity index (χ1) is 8.56. The fourth-order valence-corrected chi connectivity index (χ4v) is 2.97. The van der Waals surface area contributed by atoms with Crippen LogP contribution < -0.4 is 10.2 Å². The Bertz CT molecular complexity index is 403. The highest BCUT2D eigenvalue weighted by molar-refractivity contribution is 6.31. The molecule has 1 aliphatic rings. The maximum Gasteiger partial charge on any atom is 0.0597 e. The Morgan fingerprint density at radius 2 is 2.06 bits per heavy atom. The Morgan fingerprint density at radius 3 is 2.72 bits per heavy atom. The average molecular weight is 267 g/mol. The van der Waals surface area contributed by atoms with Gasteiger partial charge in [-0.2, -0.15) is 0 Å². The van der Waals surface area contributed by atoms with Gasteiger partial charge in [0.05, 0.1) is 11.4 Å². The van der Waals surface area contributed by atoms with Crippen LogP contribution in [-0.4, -0.2) is 20.1 Å². The van der Waals surface area contributed by atoms with Crippen LogP contribution in [-0.2, 0) is 0 Å². The number of halogens is 1. The summed E-state index contributed by atoms with van der Waals surface area (Å²) in [4.78, 5) is 2.13. The molecule has 1 aliphatic carbocycles. The summed E-state index contributed by atoms with van der Waals surface area (Å²) >= 11 is 6.11. The van der Waals surface area contributed by atoms with Crippen molar-refractivity contribution in [1.82, 2.24) is 0 Å². The second-order valence-electron chi connectivity index (χ2n) is 5.67. The van der Waals surface area contributed by atoms with Crippen molar-refractivity contribution >= 4 is 23.0 Å². The predicted molar refractivity (Wildman–Crippen MR) is 80.8 cm³/mol. The minimum Gasteiger partial charge on any atom is -0.381 e. The van der Waals surface area contributed by atoms with E-state index in [4.69, 9.17) is 11.6 Å². The van der Waals surface area contributed by atoms with E-state index in [-0.39, 0.29) is 0 Å². The third-order valence-corrected chi connectivity index (χ3v) is 3.97. The van der Waals surface area contributed by atoms with Crippen LogP contribution in [0.1, 0.15) is 32.6 Å². The summed E-state index contributed by atoms with van der Waals surface area (Å²) in [6.07, 6.45) is 5.23. The number of benzene rings is 1. The van der Waals surface area contributed by atoms with Crippen LogP contribution in [0.25, 0.3) is 0 Å². The molecule has 0 heterocycles. The minimum absolute atomic E-state index is 0.589. The molecule has 0 saturated heterocycles. The number of hydrogen-bond donors (Lipinski definition) is 1. The number of nitrogens with zero attached hydrogens (tertiary/aromatic N) is 1. The van der Waals surface area contributed by atoms with E-state index in [9.17, 15) is 0 Å². The molecule has 0 spiro atoms. The van der Waals surface area contributed by atoms with Gasteiger partial charge in [-0.15, -0.1) is 0 Å². The van der Waals surface area contributed by atoms with Crippen molar-refractivity contribution in [3.63, 3.8) is 0 Å². The van der Waals surface area contributed by atoms with Crippen molar-refractivity contribution < 1.29 is 0 Å². The molecule has 2 atom stereocenters. The van der Waals surface area contributed by atoms with E-state index in [1.807, 2.05) is 12.1 Å². The van der Waals surface area contributed by atoms with Gasteiger partial charge in [0.2, 0.25) is 0 Å². The molecule has 0 amide bonds. The number of nitrogens with one attached hydrogen (secondary N) is 1. The molecule has 0 aromatic heterocycles. The lowest BCUT2D eigenvalue weighted by molar-refractivity contribution is 0.358. The molecule has 18 heavy (non-hydrogen) atoms. The lowest BCUT2D eigenvalue weighted by Gasteiger charge is -2.30. The van der Waals surface area contributed by atoms with Gasteiger partial charge in [0.25, 0.3) is 0 Å². The minimum atomic E-state index is 0.589. The van der Waals surface area contributed by atoms with Gasteiger partial charge < -0.3 is 10.2 Å². The Kier molecular flexibility index (Phi) is 4.39. The van der Waals surface area contributed by atoms with E-state index in [0.717, 1.165) is 16.6 Å². The highest BCUT2D eigenvalue weighted by Gasteiger charge is 2.19. The summed E-state index contributed by atoms with van der Waals surface area (Å²) in [7, 11) is 4.13. The van der Waals surface area contributed by atoms with Crippen LogP contribution in [0.2, 0.25) is 5.02 Å². The molecule has 0 aliphatic heterocycles. The van der Waals surface area contributed by atoms with Gasteiger partial charge in [-0.3, -0.25) is 0 Å². The summed E-state index contributed by atoms with van der Waals surface area (Å²) in [6, 6.07) is 6.66. The average Bonchev–Trinajstić information content (AvgIpc) is 2.28. The zero-order valence-electron chi connectivity index (χ0n) is 11.5. The Labute approximate surface area is 115 Å². The van der Waals surface area contributed by atoms with E-state index in [0.29, 0.717) is 6.04 Å². The zero-order chi connectivity index (χ0) is 13.1. The molecule has 2 unspecified atom stereocenters. The van der Waals surface area contributed by atoms with Gasteiger partial charge in [-0.1, -0.05) is 31.4 Å². The maximum atomic E-state index is 6.11. The third-order valence-electron chi connectivity index (χ3n) is 3.74. The second kappa shape index (κ2) is 5.83. The lowest BCUT2D eigenvalue weighted by atomic mass is 9.87. The van der Waals surface area contributed by atoms with Gasteiger partial charge >= 0.3 is 0 Å². The van der Waals surface area contributed by atoms with Crippen molar-refractivity contribution in [3.8, 4) is 0 Å². The van der Waals surface area contributed by atoms with E-state index in [1.54, 1.807) is 0 Å². The summed E-state index contributed by atoms with van der Waals surface area (Å²) < 4.78 is 0. The molecule has 1 aromatic rings. The quantitative estimate of drug-likeness (QED) is 0.873. The van der Waals surface area contributed by atoms with Crippen LogP contribution in [0.5, 0.6) is 0 Å². The predicted octanol–water partition coefficient (Wildman–Crippen LogP) is 4.40. The van der Waals surface area contributed by atoms with Gasteiger partial charge in [0, 0.05) is 25.2 Å². The molecule has 3 heteroatoms. The van der Waals surface area contributed by atoms with Gasteiger partial charge in [-0.05, 0) is 37.0 Å². The lowest BCUT2D eigenvalue weighted by Crippen LogP contribution is -2.27. The van der Waals surface area contributed by atoms with Crippen molar-refractivity contribution in [3.05, 3.63) is 23.2 Å². The largest absolute Gasteiger partial charge is 0.381 e. The first-order valence-electron chi connectivity index (χ1n) is 6.79. The van der Waals surface area contributed by atoms with Gasteiger partial charge in [-0.25, -0.2) is 0 Å². The van der Waals surface area contributed by atoms with E-state index in [1.165, 1.54) is 31.4 Å². The molecular weight excluding hydrogens is 244 g/mol. The second-order valence-corrected chi connectivity index (χ2v) is 6.11. The van der Waals surface area contributed by atoms with Crippen LogP contribution in [0.15, 0.2) is 18.2 Å². The van der Waals surface area contributed by atoms with Gasteiger partial charge in [0.15, 0.2) is 0 Å². The van der Waals surface area contributed by atoms with E-state index >= 15 is 0 Å². The molecule has 1 fully saturated rings. The molecule has 1 aromatic carbocycles. The summed E-state index contributed by atoms with van der Waals surface area (Å²) in [5.74, 6) is 0.832. The third kappa shape index (κ3) is 3.32. The smallest absolute Gasteiger partial charge is 0.0597 e. The molecule has 2 rings (SSSR count). The van der Waals surface area contributed by atoms with Crippen LogP contribution in [0.3, 0.4) is 0 Å². The number of hydrogen-bond acceptors (Lipinski definition) is 2. The molecule has 0 radical (unpaired) electrons. The van der Waals surface area contributed by atoms with E-state index < -0.39 is 0 Å². The fraction of sp³-hybridized carbons (Fsp3) is 0.600. The normalized spacial score (nSPS) is 23.8. The molecule has 100 valence electrons. The summed E-state index contributed by atoms with van der Waals surface area (Å²) in [5.41, 5.74) is 2.37. The van der Waals surface area contributed by atoms with Crippen LogP contribution in [0.4, 0.5) is 11.4 Å². The number of rotatable bonds is 3. The molecule has 1 saturated carbocycles. The summed E-state index contributed by atoms with van der Waals surface area (Å²) in [5, 5.41) is 4.47. The Morgan fingerprint density at radius 1 is 1.28 bits per heavy atom. The first kappa shape index (κ1) is 13.5. The Hall–Kier alpha value is -0.890. The Balaban J connectivity index is 2.14. The van der Waals surface area contributed by atoms with Crippen molar-refractivity contribution in [2.24, 2.45) is 5.92 Å². The highest BCUT2D eigenvalue weighted by atomic mass is 35.5. The maximum absolute atomic E-state index is 6.11. The topological polar surface area (TPSA) is 15.3 Å². The molecular formula is C15H23ClN2. The van der Waals surface area contributed by atoms with Crippen molar-refractivity contribution in [1.29, 1.82) is 0 Å². The molecule has 2 nitrogen and oxygen atoms in total. The highest BCUT2D eigenvalue weighted by Crippen LogP contribution is 2.32. The number of anilines is 2. The summed E-state index contributed by atoms with van der Waals surface area (Å²) in [6.45, 7) is 2.35. The van der Waals surface area contributed by atoms with Crippen molar-refractivity contribution in [2.75, 3.05) is 24.3 Å². The first-order valence-corrected chi connectivity index (χ1v) is 7.17. The SMILES string of the molecule is CC1CCCC(Nc2cc(Cl)ccc2N(C)C)C1. The standard InChI is InChI=1S/C15H23ClN2/c1-11-5-4-6-13(9-11)17-14-10-12(16)7-8-15(14)18(2)3/h7-8,10-11,13,17H,4-6,9H2,1-3H3.